The van der Waals surface area contributed by atoms with E-state index in [-0.39, 0.29) is 12.5 Å². The van der Waals surface area contributed by atoms with E-state index in [0.717, 1.165) is 42.3 Å². The third-order valence-corrected chi connectivity index (χ3v) is 5.36. The molecule has 0 aromatic heterocycles. The van der Waals surface area contributed by atoms with E-state index in [9.17, 15) is 14.7 Å². The predicted molar refractivity (Wildman–Crippen MR) is 94.9 cm³/mol. The van der Waals surface area contributed by atoms with Gasteiger partial charge in [0.25, 0.3) is 5.91 Å². The summed E-state index contributed by atoms with van der Waals surface area (Å²) in [4.78, 5) is 28.5. The molecule has 2 atom stereocenters. The van der Waals surface area contributed by atoms with Crippen molar-refractivity contribution in [1.82, 2.24) is 15.1 Å². The summed E-state index contributed by atoms with van der Waals surface area (Å²) in [5, 5.41) is 13.2. The average molecular weight is 345 g/mol. The van der Waals surface area contributed by atoms with Crippen molar-refractivity contribution in [2.24, 2.45) is 5.92 Å². The number of amides is 3. The highest BCUT2D eigenvalue weighted by Gasteiger charge is 2.49. The molecule has 136 valence electrons. The number of urea groups is 1. The predicted octanol–water partition coefficient (Wildman–Crippen LogP) is 1.55. The molecule has 25 heavy (non-hydrogen) atoms. The van der Waals surface area contributed by atoms with Crippen LogP contribution in [0.3, 0.4) is 0 Å². The standard InChI is InChI=1S/C19H27N3O3/c1-14-8-10-21(11-9-14)12-16(23)13-22-17(24)19(2,20-18(22)25)15-6-4-3-5-7-15/h3-7,14,16,23H,8-13H2,1-2H3,(H,20,25)/t16-,19-/m0/s1. The first-order valence-corrected chi connectivity index (χ1v) is 9.00. The van der Waals surface area contributed by atoms with Gasteiger partial charge < -0.3 is 15.3 Å². The molecule has 0 radical (unpaired) electrons. The number of hydrogen-bond donors (Lipinski definition) is 2. The van der Waals surface area contributed by atoms with Gasteiger partial charge in [-0.3, -0.25) is 9.69 Å². The molecule has 2 heterocycles. The molecule has 0 spiro atoms. The lowest BCUT2D eigenvalue weighted by atomic mass is 9.92. The Balaban J connectivity index is 1.63. The van der Waals surface area contributed by atoms with Crippen LogP contribution in [0.1, 0.15) is 32.3 Å². The Labute approximate surface area is 148 Å². The fourth-order valence-corrected chi connectivity index (χ4v) is 3.64. The van der Waals surface area contributed by atoms with Crippen molar-refractivity contribution in [3.63, 3.8) is 0 Å². The number of nitrogens with zero attached hydrogens (tertiary/aromatic N) is 2. The molecule has 0 saturated carbocycles. The molecule has 2 aliphatic heterocycles. The number of aliphatic hydroxyl groups is 1. The highest BCUT2D eigenvalue weighted by Crippen LogP contribution is 2.28. The third-order valence-electron chi connectivity index (χ3n) is 5.36. The van der Waals surface area contributed by atoms with E-state index >= 15 is 0 Å². The highest BCUT2D eigenvalue weighted by molar-refractivity contribution is 6.07. The molecule has 2 aliphatic rings. The summed E-state index contributed by atoms with van der Waals surface area (Å²) in [6.45, 7) is 6.39. The zero-order valence-electron chi connectivity index (χ0n) is 14.9. The number of aliphatic hydroxyl groups excluding tert-OH is 1. The summed E-state index contributed by atoms with van der Waals surface area (Å²) < 4.78 is 0. The lowest BCUT2D eigenvalue weighted by Crippen LogP contribution is -2.45. The molecule has 2 saturated heterocycles. The van der Waals surface area contributed by atoms with E-state index in [1.165, 1.54) is 0 Å². The van der Waals surface area contributed by atoms with E-state index in [0.29, 0.717) is 6.54 Å². The maximum Gasteiger partial charge on any atom is 0.325 e. The molecule has 2 fully saturated rings. The Morgan fingerprint density at radius 3 is 2.48 bits per heavy atom. The smallest absolute Gasteiger partial charge is 0.325 e. The van der Waals surface area contributed by atoms with Crippen LogP contribution in [0.5, 0.6) is 0 Å². The van der Waals surface area contributed by atoms with E-state index in [1.807, 2.05) is 30.3 Å². The number of likely N-dealkylation sites (tertiary alicyclic amines) is 1. The number of β-amino-alcohol motifs (C(OH)–C–C–N with tert-alkyl or cyclic N) is 1. The van der Waals surface area contributed by atoms with Gasteiger partial charge in [-0.05, 0) is 44.3 Å². The Morgan fingerprint density at radius 2 is 1.84 bits per heavy atom. The molecule has 0 aliphatic carbocycles. The van der Waals surface area contributed by atoms with Crippen molar-refractivity contribution in [1.29, 1.82) is 0 Å². The van der Waals surface area contributed by atoms with Crippen LogP contribution in [0.15, 0.2) is 30.3 Å². The molecule has 0 bridgehead atoms. The molecule has 1 aromatic rings. The first kappa shape index (κ1) is 17.9. The first-order valence-electron chi connectivity index (χ1n) is 9.00. The van der Waals surface area contributed by atoms with Crippen LogP contribution in [0.2, 0.25) is 0 Å². The van der Waals surface area contributed by atoms with Gasteiger partial charge in [0.2, 0.25) is 0 Å². The molecule has 3 amide bonds. The number of benzene rings is 1. The largest absolute Gasteiger partial charge is 0.390 e. The molecule has 3 rings (SSSR count). The maximum absolute atomic E-state index is 12.8. The Kier molecular flexibility index (Phi) is 5.11. The first-order chi connectivity index (χ1) is 11.9. The van der Waals surface area contributed by atoms with Gasteiger partial charge in [0.15, 0.2) is 0 Å². The topological polar surface area (TPSA) is 72.9 Å². The number of imide groups is 1. The summed E-state index contributed by atoms with van der Waals surface area (Å²) in [7, 11) is 0. The zero-order valence-corrected chi connectivity index (χ0v) is 14.9. The summed E-state index contributed by atoms with van der Waals surface area (Å²) in [5.41, 5.74) is -0.325. The van der Waals surface area contributed by atoms with Crippen LogP contribution in [-0.2, 0) is 10.3 Å². The van der Waals surface area contributed by atoms with E-state index < -0.39 is 17.7 Å². The maximum atomic E-state index is 12.8. The van der Waals surface area contributed by atoms with Gasteiger partial charge in [0.1, 0.15) is 5.54 Å². The SMILES string of the molecule is CC1CCN(C[C@H](O)CN2C(=O)N[C@@](C)(c3ccccc3)C2=O)CC1. The van der Waals surface area contributed by atoms with Crippen LogP contribution in [0.4, 0.5) is 4.79 Å². The number of carbonyl (C=O) groups is 2. The second-order valence-electron chi connectivity index (χ2n) is 7.47. The number of carbonyl (C=O) groups excluding carboxylic acids is 2. The summed E-state index contributed by atoms with van der Waals surface area (Å²) in [6, 6.07) is 8.77. The molecule has 0 unspecified atom stereocenters. The van der Waals surface area contributed by atoms with E-state index in [2.05, 4.69) is 17.1 Å². The number of piperidine rings is 1. The Bertz CT molecular complexity index is 628. The average Bonchev–Trinajstić information content (AvgIpc) is 2.82. The fraction of sp³-hybridized carbons (Fsp3) is 0.579. The van der Waals surface area contributed by atoms with Crippen molar-refractivity contribution in [3.8, 4) is 0 Å². The second-order valence-corrected chi connectivity index (χ2v) is 7.47. The van der Waals surface area contributed by atoms with Crippen molar-refractivity contribution in [2.45, 2.75) is 38.3 Å². The van der Waals surface area contributed by atoms with Gasteiger partial charge in [-0.2, -0.15) is 0 Å². The van der Waals surface area contributed by atoms with Crippen molar-refractivity contribution < 1.29 is 14.7 Å². The quantitative estimate of drug-likeness (QED) is 0.794. The number of nitrogens with one attached hydrogen (secondary N) is 1. The van der Waals surface area contributed by atoms with Crippen LogP contribution in [-0.4, -0.2) is 59.1 Å². The molecular weight excluding hydrogens is 318 g/mol. The van der Waals surface area contributed by atoms with Crippen LogP contribution >= 0.6 is 0 Å². The normalized spacial score (nSPS) is 26.8. The van der Waals surface area contributed by atoms with Crippen molar-refractivity contribution >= 4 is 11.9 Å². The van der Waals surface area contributed by atoms with Gasteiger partial charge in [-0.15, -0.1) is 0 Å². The fourth-order valence-electron chi connectivity index (χ4n) is 3.64. The highest BCUT2D eigenvalue weighted by atomic mass is 16.3. The number of rotatable bonds is 5. The molecule has 6 heteroatoms. The monoisotopic (exact) mass is 345 g/mol. The van der Waals surface area contributed by atoms with Gasteiger partial charge in [0, 0.05) is 6.54 Å². The van der Waals surface area contributed by atoms with Crippen molar-refractivity contribution in [3.05, 3.63) is 35.9 Å². The lowest BCUT2D eigenvalue weighted by Gasteiger charge is -2.32. The molecule has 6 nitrogen and oxygen atoms in total. The summed E-state index contributed by atoms with van der Waals surface area (Å²) >= 11 is 0. The third kappa shape index (κ3) is 3.70. The van der Waals surface area contributed by atoms with E-state index in [4.69, 9.17) is 0 Å². The minimum atomic E-state index is -1.07. The summed E-state index contributed by atoms with van der Waals surface area (Å²) in [5.74, 6) is 0.418. The van der Waals surface area contributed by atoms with Gasteiger partial charge in [-0.25, -0.2) is 4.79 Å². The van der Waals surface area contributed by atoms with E-state index in [1.54, 1.807) is 6.92 Å². The zero-order chi connectivity index (χ0) is 18.0. The molecule has 2 N–H and O–H groups in total. The van der Waals surface area contributed by atoms with Gasteiger partial charge >= 0.3 is 6.03 Å². The summed E-state index contributed by atoms with van der Waals surface area (Å²) in [6.07, 6.45) is 1.52. The molecule has 1 aromatic carbocycles. The lowest BCUT2D eigenvalue weighted by molar-refractivity contribution is -0.132. The Hall–Kier alpha value is -1.92. The van der Waals surface area contributed by atoms with Crippen molar-refractivity contribution in [2.75, 3.05) is 26.2 Å². The second kappa shape index (κ2) is 7.14. The van der Waals surface area contributed by atoms with Gasteiger partial charge in [0.05, 0.1) is 12.6 Å². The minimum Gasteiger partial charge on any atom is -0.390 e. The van der Waals surface area contributed by atoms with Crippen LogP contribution in [0, 0.1) is 5.92 Å². The molecular formula is C19H27N3O3. The number of hydrogen-bond acceptors (Lipinski definition) is 4. The Morgan fingerprint density at radius 1 is 1.20 bits per heavy atom. The van der Waals surface area contributed by atoms with Crippen LogP contribution < -0.4 is 5.32 Å². The van der Waals surface area contributed by atoms with Crippen LogP contribution in [0.25, 0.3) is 0 Å². The van der Waals surface area contributed by atoms with Gasteiger partial charge in [-0.1, -0.05) is 37.3 Å². The minimum absolute atomic E-state index is 0.0269.